The maximum Gasteiger partial charge on any atom is 0.251 e. The van der Waals surface area contributed by atoms with Gasteiger partial charge in [0.25, 0.3) is 11.8 Å². The number of amides is 2. The fourth-order valence-electron chi connectivity index (χ4n) is 2.82. The highest BCUT2D eigenvalue weighted by Gasteiger charge is 2.10. The second-order valence-electron chi connectivity index (χ2n) is 6.78. The molecule has 0 atom stereocenters. The number of rotatable bonds is 7. The largest absolute Gasteiger partial charge is 0.497 e. The summed E-state index contributed by atoms with van der Waals surface area (Å²) >= 11 is 0. The normalized spacial score (nSPS) is 10.3. The first kappa shape index (κ1) is 20.1. The van der Waals surface area contributed by atoms with Crippen LogP contribution in [0.4, 0.5) is 0 Å². The molecule has 3 aromatic carbocycles. The number of ether oxygens (including phenoxy) is 1. The molecule has 0 bridgehead atoms. The van der Waals surface area contributed by atoms with Crippen molar-refractivity contribution in [3.8, 4) is 5.75 Å². The van der Waals surface area contributed by atoms with Crippen LogP contribution in [0.2, 0.25) is 0 Å². The summed E-state index contributed by atoms with van der Waals surface area (Å²) in [6.07, 6.45) is 0. The van der Waals surface area contributed by atoms with Gasteiger partial charge in [0.2, 0.25) is 0 Å². The molecule has 2 amide bonds. The topological polar surface area (TPSA) is 67.4 Å². The third-order valence-corrected chi connectivity index (χ3v) is 4.57. The molecule has 5 heteroatoms. The summed E-state index contributed by atoms with van der Waals surface area (Å²) in [5, 5.41) is 5.76. The van der Waals surface area contributed by atoms with Gasteiger partial charge < -0.3 is 15.4 Å². The van der Waals surface area contributed by atoms with Crippen LogP contribution in [-0.4, -0.2) is 18.9 Å². The van der Waals surface area contributed by atoms with Gasteiger partial charge in [0.1, 0.15) is 5.75 Å². The quantitative estimate of drug-likeness (QED) is 0.646. The van der Waals surface area contributed by atoms with Crippen LogP contribution < -0.4 is 15.4 Å². The second-order valence-corrected chi connectivity index (χ2v) is 6.78. The molecule has 0 heterocycles. The van der Waals surface area contributed by atoms with Crippen molar-refractivity contribution in [3.63, 3.8) is 0 Å². The highest BCUT2D eigenvalue weighted by atomic mass is 16.5. The fraction of sp³-hybridized carbons (Fsp3) is 0.167. The van der Waals surface area contributed by atoms with E-state index in [-0.39, 0.29) is 11.8 Å². The third-order valence-electron chi connectivity index (χ3n) is 4.57. The lowest BCUT2D eigenvalue weighted by molar-refractivity contribution is 0.0950. The number of methoxy groups -OCH3 is 1. The molecule has 0 unspecified atom stereocenters. The lowest BCUT2D eigenvalue weighted by atomic mass is 10.1. The molecular formula is C24H24N2O3. The number of aryl methyl sites for hydroxylation is 1. The number of carbonyl (C=O) groups is 2. The minimum Gasteiger partial charge on any atom is -0.497 e. The summed E-state index contributed by atoms with van der Waals surface area (Å²) in [5.74, 6) is 0.328. The van der Waals surface area contributed by atoms with Gasteiger partial charge in [-0.2, -0.15) is 0 Å². The summed E-state index contributed by atoms with van der Waals surface area (Å²) in [6.45, 7) is 2.85. The van der Waals surface area contributed by atoms with Gasteiger partial charge in [-0.15, -0.1) is 0 Å². The number of hydrogen-bond acceptors (Lipinski definition) is 3. The van der Waals surface area contributed by atoms with Crippen molar-refractivity contribution in [1.29, 1.82) is 0 Å². The Labute approximate surface area is 170 Å². The van der Waals surface area contributed by atoms with Crippen LogP contribution in [0.1, 0.15) is 37.4 Å². The molecule has 0 saturated carbocycles. The van der Waals surface area contributed by atoms with E-state index in [0.29, 0.717) is 24.2 Å². The maximum atomic E-state index is 12.5. The summed E-state index contributed by atoms with van der Waals surface area (Å²) in [7, 11) is 1.61. The Morgan fingerprint density at radius 2 is 1.24 bits per heavy atom. The monoisotopic (exact) mass is 388 g/mol. The number of benzene rings is 3. The number of nitrogens with one attached hydrogen (secondary N) is 2. The standard InChI is InChI=1S/C24H24N2O3/c1-17-6-8-18(9-7-17)15-25-23(27)20-4-3-5-21(14-20)24(28)26-16-19-10-12-22(29-2)13-11-19/h3-14H,15-16H2,1-2H3,(H,25,27)(H,26,28). The highest BCUT2D eigenvalue weighted by molar-refractivity contribution is 5.99. The average molecular weight is 388 g/mol. The zero-order chi connectivity index (χ0) is 20.6. The van der Waals surface area contributed by atoms with Crippen molar-refractivity contribution in [2.75, 3.05) is 7.11 Å². The summed E-state index contributed by atoms with van der Waals surface area (Å²) in [5.41, 5.74) is 4.06. The Balaban J connectivity index is 1.57. The van der Waals surface area contributed by atoms with Crippen LogP contribution in [0.15, 0.2) is 72.8 Å². The lowest BCUT2D eigenvalue weighted by Crippen LogP contribution is -2.25. The molecule has 2 N–H and O–H groups in total. The van der Waals surface area contributed by atoms with Crippen molar-refractivity contribution in [3.05, 3.63) is 101 Å². The molecule has 0 aromatic heterocycles. The van der Waals surface area contributed by atoms with Crippen LogP contribution in [0.3, 0.4) is 0 Å². The molecule has 0 aliphatic heterocycles. The molecule has 0 aliphatic carbocycles. The molecule has 0 fully saturated rings. The molecule has 3 rings (SSSR count). The Hall–Kier alpha value is -3.60. The first-order chi connectivity index (χ1) is 14.0. The minimum atomic E-state index is -0.228. The van der Waals surface area contributed by atoms with Crippen molar-refractivity contribution >= 4 is 11.8 Å². The molecule has 3 aromatic rings. The number of carbonyl (C=O) groups excluding carboxylic acids is 2. The smallest absolute Gasteiger partial charge is 0.251 e. The fourth-order valence-corrected chi connectivity index (χ4v) is 2.82. The van der Waals surface area contributed by atoms with Gasteiger partial charge in [-0.05, 0) is 48.4 Å². The van der Waals surface area contributed by atoms with E-state index in [9.17, 15) is 9.59 Å². The Morgan fingerprint density at radius 1 is 0.759 bits per heavy atom. The van der Waals surface area contributed by atoms with Gasteiger partial charge in [0, 0.05) is 24.2 Å². The third kappa shape index (κ3) is 5.69. The van der Waals surface area contributed by atoms with Gasteiger partial charge in [-0.3, -0.25) is 9.59 Å². The van der Waals surface area contributed by atoms with Crippen LogP contribution in [-0.2, 0) is 13.1 Å². The van der Waals surface area contributed by atoms with E-state index in [2.05, 4.69) is 10.6 Å². The molecule has 0 saturated heterocycles. The van der Waals surface area contributed by atoms with E-state index in [1.165, 1.54) is 5.56 Å². The van der Waals surface area contributed by atoms with E-state index in [4.69, 9.17) is 4.74 Å². The van der Waals surface area contributed by atoms with Crippen molar-refractivity contribution in [2.45, 2.75) is 20.0 Å². The summed E-state index contributed by atoms with van der Waals surface area (Å²) < 4.78 is 5.13. The molecule has 0 spiro atoms. The van der Waals surface area contributed by atoms with Crippen LogP contribution >= 0.6 is 0 Å². The summed E-state index contributed by atoms with van der Waals surface area (Å²) in [4.78, 5) is 24.9. The van der Waals surface area contributed by atoms with Gasteiger partial charge in [-0.1, -0.05) is 48.0 Å². The van der Waals surface area contributed by atoms with E-state index < -0.39 is 0 Å². The van der Waals surface area contributed by atoms with Crippen molar-refractivity contribution in [2.24, 2.45) is 0 Å². The van der Waals surface area contributed by atoms with E-state index in [1.807, 2.05) is 55.5 Å². The zero-order valence-corrected chi connectivity index (χ0v) is 16.6. The zero-order valence-electron chi connectivity index (χ0n) is 16.6. The van der Waals surface area contributed by atoms with E-state index in [1.54, 1.807) is 31.4 Å². The van der Waals surface area contributed by atoms with Gasteiger partial charge in [-0.25, -0.2) is 0 Å². The Morgan fingerprint density at radius 3 is 1.72 bits per heavy atom. The molecular weight excluding hydrogens is 364 g/mol. The predicted molar refractivity (Wildman–Crippen MR) is 113 cm³/mol. The SMILES string of the molecule is COc1ccc(CNC(=O)c2cccc(C(=O)NCc3ccc(C)cc3)c2)cc1. The molecule has 0 aliphatic rings. The predicted octanol–water partition coefficient (Wildman–Crippen LogP) is 3.86. The average Bonchev–Trinajstić information content (AvgIpc) is 2.77. The van der Waals surface area contributed by atoms with Gasteiger partial charge in [0.05, 0.1) is 7.11 Å². The Kier molecular flexibility index (Phi) is 6.63. The highest BCUT2D eigenvalue weighted by Crippen LogP contribution is 2.12. The van der Waals surface area contributed by atoms with E-state index in [0.717, 1.165) is 16.9 Å². The van der Waals surface area contributed by atoms with E-state index >= 15 is 0 Å². The van der Waals surface area contributed by atoms with Crippen LogP contribution in [0, 0.1) is 6.92 Å². The summed E-state index contributed by atoms with van der Waals surface area (Å²) in [6, 6.07) is 22.2. The first-order valence-electron chi connectivity index (χ1n) is 9.40. The number of hydrogen-bond donors (Lipinski definition) is 2. The second kappa shape index (κ2) is 9.55. The van der Waals surface area contributed by atoms with Crippen molar-refractivity contribution < 1.29 is 14.3 Å². The lowest BCUT2D eigenvalue weighted by Gasteiger charge is -2.09. The van der Waals surface area contributed by atoms with Gasteiger partial charge in [0.15, 0.2) is 0 Å². The molecule has 29 heavy (non-hydrogen) atoms. The van der Waals surface area contributed by atoms with Crippen molar-refractivity contribution in [1.82, 2.24) is 10.6 Å². The maximum absolute atomic E-state index is 12.5. The van der Waals surface area contributed by atoms with Crippen LogP contribution in [0.25, 0.3) is 0 Å². The van der Waals surface area contributed by atoms with Gasteiger partial charge >= 0.3 is 0 Å². The molecule has 0 radical (unpaired) electrons. The molecule has 5 nitrogen and oxygen atoms in total. The first-order valence-corrected chi connectivity index (χ1v) is 9.40. The molecule has 148 valence electrons. The van der Waals surface area contributed by atoms with Crippen LogP contribution in [0.5, 0.6) is 5.75 Å². The minimum absolute atomic E-state index is 0.213. The Bertz CT molecular complexity index is 980.